The highest BCUT2D eigenvalue weighted by Gasteiger charge is 2.31. The number of fused-ring (bicyclic) bond motifs is 6. The van der Waals surface area contributed by atoms with Crippen molar-refractivity contribution in [2.24, 2.45) is 0 Å². The van der Waals surface area contributed by atoms with Crippen molar-refractivity contribution in [1.82, 2.24) is 0 Å². The summed E-state index contributed by atoms with van der Waals surface area (Å²) in [6, 6.07) is 77.8. The van der Waals surface area contributed by atoms with Crippen molar-refractivity contribution < 1.29 is 0 Å². The Morgan fingerprint density at radius 2 is 1.08 bits per heavy atom. The summed E-state index contributed by atoms with van der Waals surface area (Å²) in [6.45, 7) is 4.48. The molecule has 1 radical (unpaired) electrons. The first-order valence-corrected chi connectivity index (χ1v) is 22.8. The summed E-state index contributed by atoms with van der Waals surface area (Å²) in [5.74, 6) is 0. The van der Waals surface area contributed by atoms with Crippen LogP contribution >= 0.6 is 11.3 Å². The van der Waals surface area contributed by atoms with Crippen LogP contribution in [0.5, 0.6) is 0 Å². The van der Waals surface area contributed by atoms with Crippen LogP contribution in [0.2, 0.25) is 0 Å². The van der Waals surface area contributed by atoms with Crippen molar-refractivity contribution in [2.45, 2.75) is 13.8 Å². The minimum atomic E-state index is 1.04. The Kier molecular flexibility index (Phi) is 9.28. The van der Waals surface area contributed by atoms with Crippen LogP contribution in [0, 0.1) is 13.8 Å². The second-order valence-electron chi connectivity index (χ2n) is 16.9. The van der Waals surface area contributed by atoms with E-state index in [4.69, 9.17) is 0 Å². The molecule has 1 aliphatic heterocycles. The van der Waals surface area contributed by atoms with Gasteiger partial charge in [0, 0.05) is 48.5 Å². The maximum absolute atomic E-state index is 3.98. The first-order chi connectivity index (χ1) is 31.5. The zero-order valence-electron chi connectivity index (χ0n) is 35.6. The molecule has 0 spiro atoms. The molecule has 0 saturated carbocycles. The maximum atomic E-state index is 3.98. The van der Waals surface area contributed by atoms with Gasteiger partial charge in [0.1, 0.15) is 0 Å². The van der Waals surface area contributed by atoms with Gasteiger partial charge in [0.05, 0.1) is 5.69 Å². The van der Waals surface area contributed by atoms with Crippen molar-refractivity contribution in [3.05, 3.63) is 223 Å². The fourth-order valence-corrected chi connectivity index (χ4v) is 10.9. The predicted molar refractivity (Wildman–Crippen MR) is 277 cm³/mol. The lowest BCUT2D eigenvalue weighted by Gasteiger charge is -2.36. The minimum Gasteiger partial charge on any atom is -0.355 e. The van der Waals surface area contributed by atoms with Crippen molar-refractivity contribution in [3.8, 4) is 44.5 Å². The Morgan fingerprint density at radius 3 is 1.86 bits per heavy atom. The van der Waals surface area contributed by atoms with Gasteiger partial charge in [0.25, 0.3) is 0 Å². The number of rotatable bonds is 7. The van der Waals surface area contributed by atoms with E-state index in [1.807, 2.05) is 11.3 Å². The third-order valence-electron chi connectivity index (χ3n) is 12.9. The molecule has 1 aromatic heterocycles. The lowest BCUT2D eigenvalue weighted by Crippen LogP contribution is -2.41. The van der Waals surface area contributed by atoms with Crippen LogP contribution in [-0.4, -0.2) is 7.28 Å². The van der Waals surface area contributed by atoms with Crippen LogP contribution < -0.4 is 21.1 Å². The zero-order chi connectivity index (χ0) is 42.7. The van der Waals surface area contributed by atoms with Crippen LogP contribution in [0.1, 0.15) is 11.1 Å². The quantitative estimate of drug-likeness (QED) is 0.161. The van der Waals surface area contributed by atoms with Crippen LogP contribution in [0.15, 0.2) is 212 Å². The molecule has 0 atom stereocenters. The van der Waals surface area contributed by atoms with Crippen molar-refractivity contribution in [3.63, 3.8) is 0 Å². The van der Waals surface area contributed by atoms with Gasteiger partial charge in [-0.25, -0.2) is 0 Å². The van der Waals surface area contributed by atoms with Crippen molar-refractivity contribution in [2.75, 3.05) is 10.2 Å². The predicted octanol–water partition coefficient (Wildman–Crippen LogP) is 15.7. The Morgan fingerprint density at radius 1 is 0.406 bits per heavy atom. The summed E-state index contributed by atoms with van der Waals surface area (Å²) in [5, 5.41) is 8.93. The van der Waals surface area contributed by atoms with Crippen LogP contribution in [0.25, 0.3) is 75.5 Å². The summed E-state index contributed by atoms with van der Waals surface area (Å²) in [7, 11) is 2.45. The largest absolute Gasteiger partial charge is 0.355 e. The Labute approximate surface area is 379 Å². The number of benzene rings is 10. The van der Waals surface area contributed by atoms with E-state index in [1.165, 1.54) is 103 Å². The number of hydrogen-bond acceptors (Lipinski definition) is 3. The zero-order valence-corrected chi connectivity index (χ0v) is 36.5. The smallest absolute Gasteiger partial charge is 0.197 e. The topological polar surface area (TPSA) is 15.3 Å². The molecule has 10 aromatic carbocycles. The highest BCUT2D eigenvalue weighted by atomic mass is 32.1. The summed E-state index contributed by atoms with van der Waals surface area (Å²) in [4.78, 5) is 2.54. The molecule has 1 N–H and O–H groups in total. The van der Waals surface area contributed by atoms with Crippen LogP contribution in [0.3, 0.4) is 0 Å². The number of nitrogens with zero attached hydrogens (tertiary/aromatic N) is 1. The highest BCUT2D eigenvalue weighted by Crippen LogP contribution is 2.46. The molecular weight excluding hydrogens is 792 g/mol. The Balaban J connectivity index is 1.12. The molecule has 2 nitrogen and oxygen atoms in total. The van der Waals surface area contributed by atoms with E-state index >= 15 is 0 Å². The second-order valence-corrected chi connectivity index (χ2v) is 18.0. The van der Waals surface area contributed by atoms with E-state index in [9.17, 15) is 0 Å². The molecule has 0 saturated heterocycles. The fraction of sp³-hybridized carbons (Fsp3) is 0.0333. The van der Waals surface area contributed by atoms with Gasteiger partial charge in [-0.2, -0.15) is 0 Å². The second kappa shape index (κ2) is 15.6. The summed E-state index contributed by atoms with van der Waals surface area (Å²) in [5.41, 5.74) is 20.0. The van der Waals surface area contributed by atoms with E-state index in [2.05, 4.69) is 244 Å². The standard InChI is InChI=1S/C60H42BN2S/c1-38-15-9-11-21-47(38)45-34-52(50-31-27-43-20-10-12-22-48(43)60(50)62-46-29-25-42(26-30-46)40-16-5-3-6-17-40)59-56(35-45)63(54-32-28-44(33-39(54)2)41-18-7-4-8-19-41)55-37-58-51(36-53(55)61-59)49-23-13-14-24-57(49)64-58/h3-37,62H,1-2H3. The molecule has 12 rings (SSSR count). The average Bonchev–Trinajstić information content (AvgIpc) is 3.71. The SMILES string of the molecule is Cc1ccccc1-c1cc(-c2ccc3ccccc3c2Nc2ccc(-c3ccccc3)cc2)c2c(c1)N(c1ccc(-c3ccccc3)cc1C)c1cc3sc4ccccc4c3cc1[B]2. The number of nitrogens with one attached hydrogen (secondary N) is 1. The third kappa shape index (κ3) is 6.58. The van der Waals surface area contributed by atoms with Gasteiger partial charge in [-0.1, -0.05) is 169 Å². The number of aryl methyl sites for hydroxylation is 2. The van der Waals surface area contributed by atoms with E-state index in [1.54, 1.807) is 0 Å². The van der Waals surface area contributed by atoms with Crippen LogP contribution in [0.4, 0.5) is 28.4 Å². The van der Waals surface area contributed by atoms with E-state index < -0.39 is 0 Å². The van der Waals surface area contributed by atoms with Gasteiger partial charge in [0.2, 0.25) is 0 Å². The third-order valence-corrected chi connectivity index (χ3v) is 14.1. The molecule has 0 unspecified atom stereocenters. The molecule has 1 aliphatic rings. The van der Waals surface area contributed by atoms with Gasteiger partial charge in [-0.15, -0.1) is 11.3 Å². The number of thiophene rings is 1. The summed E-state index contributed by atoms with van der Waals surface area (Å²) in [6.07, 6.45) is 0. The molecule has 0 aliphatic carbocycles. The molecule has 11 aromatic rings. The number of hydrogen-bond donors (Lipinski definition) is 1. The lowest BCUT2D eigenvalue weighted by molar-refractivity contribution is 1.26. The van der Waals surface area contributed by atoms with Crippen molar-refractivity contribution in [1.29, 1.82) is 0 Å². The van der Waals surface area contributed by atoms with Gasteiger partial charge < -0.3 is 10.2 Å². The summed E-state index contributed by atoms with van der Waals surface area (Å²) < 4.78 is 2.59. The molecule has 64 heavy (non-hydrogen) atoms. The molecule has 2 heterocycles. The highest BCUT2D eigenvalue weighted by molar-refractivity contribution is 7.25. The lowest BCUT2D eigenvalue weighted by atomic mass is 9.57. The monoisotopic (exact) mass is 833 g/mol. The molecule has 0 fully saturated rings. The average molecular weight is 834 g/mol. The van der Waals surface area contributed by atoms with Crippen molar-refractivity contribution >= 4 is 88.9 Å². The fourth-order valence-electron chi connectivity index (χ4n) is 9.75. The molecule has 301 valence electrons. The molecular formula is C60H42BN2S. The minimum absolute atomic E-state index is 1.04. The van der Waals surface area contributed by atoms with E-state index in [-0.39, 0.29) is 0 Å². The van der Waals surface area contributed by atoms with Gasteiger partial charge in [-0.3, -0.25) is 0 Å². The van der Waals surface area contributed by atoms with Crippen LogP contribution in [-0.2, 0) is 0 Å². The number of anilines is 5. The van der Waals surface area contributed by atoms with Gasteiger partial charge in [-0.05, 0) is 129 Å². The van der Waals surface area contributed by atoms with Gasteiger partial charge >= 0.3 is 0 Å². The maximum Gasteiger partial charge on any atom is 0.197 e. The van der Waals surface area contributed by atoms with E-state index in [0.29, 0.717) is 0 Å². The van der Waals surface area contributed by atoms with Gasteiger partial charge in [0.15, 0.2) is 7.28 Å². The molecule has 0 amide bonds. The first-order valence-electron chi connectivity index (χ1n) is 22.0. The Hall–Kier alpha value is -7.66. The molecule has 4 heteroatoms. The normalized spacial score (nSPS) is 12.0. The first kappa shape index (κ1) is 38.1. The Bertz CT molecular complexity index is 3570. The molecule has 0 bridgehead atoms. The van der Waals surface area contributed by atoms with E-state index in [0.717, 1.165) is 22.6 Å². The summed E-state index contributed by atoms with van der Waals surface area (Å²) >= 11 is 1.87.